The van der Waals surface area contributed by atoms with E-state index in [0.29, 0.717) is 5.56 Å². The standard InChI is InChI=1S/C19H24N2O3S2/c1-21(16-8-3-2-4-9-16)19(22)15-7-5-11-18(13-15)26(23,24)20-14-17-10-6-12-25-17/h5-7,10-13,16,20H,2-4,8-9,14H2,1H3. The second-order valence-corrected chi connectivity index (χ2v) is 9.44. The van der Waals surface area contributed by atoms with Crippen LogP contribution in [-0.2, 0) is 16.6 Å². The number of nitrogens with one attached hydrogen (secondary N) is 1. The van der Waals surface area contributed by atoms with Crippen LogP contribution in [0.5, 0.6) is 0 Å². The molecule has 0 radical (unpaired) electrons. The van der Waals surface area contributed by atoms with Crippen LogP contribution in [0.15, 0.2) is 46.7 Å². The first-order valence-corrected chi connectivity index (χ1v) is 11.2. The lowest BCUT2D eigenvalue weighted by molar-refractivity contribution is 0.0696. The number of benzene rings is 1. The number of hydrogen-bond donors (Lipinski definition) is 1. The number of sulfonamides is 1. The summed E-state index contributed by atoms with van der Waals surface area (Å²) in [6, 6.07) is 10.3. The quantitative estimate of drug-likeness (QED) is 0.816. The van der Waals surface area contributed by atoms with Gasteiger partial charge in [0.1, 0.15) is 0 Å². The highest BCUT2D eigenvalue weighted by molar-refractivity contribution is 7.89. The number of nitrogens with zero attached hydrogens (tertiary/aromatic N) is 1. The van der Waals surface area contributed by atoms with Crippen LogP contribution in [0.2, 0.25) is 0 Å². The molecule has 5 nitrogen and oxygen atoms in total. The molecule has 1 aromatic carbocycles. The molecular formula is C19H24N2O3S2. The third kappa shape index (κ3) is 4.52. The average Bonchev–Trinajstić information content (AvgIpc) is 3.20. The lowest BCUT2D eigenvalue weighted by Gasteiger charge is -2.31. The fourth-order valence-corrected chi connectivity index (χ4v) is 5.08. The molecule has 2 aromatic rings. The van der Waals surface area contributed by atoms with E-state index in [1.807, 2.05) is 24.6 Å². The Bertz CT molecular complexity index is 841. The van der Waals surface area contributed by atoms with E-state index in [0.717, 1.165) is 30.6 Å². The topological polar surface area (TPSA) is 66.5 Å². The summed E-state index contributed by atoms with van der Waals surface area (Å²) in [5.74, 6) is -0.118. The Labute approximate surface area is 159 Å². The largest absolute Gasteiger partial charge is 0.339 e. The Hall–Kier alpha value is -1.70. The van der Waals surface area contributed by atoms with Gasteiger partial charge in [-0.15, -0.1) is 11.3 Å². The summed E-state index contributed by atoms with van der Waals surface area (Å²) in [5, 5.41) is 1.91. The van der Waals surface area contributed by atoms with Crippen molar-refractivity contribution in [2.75, 3.05) is 7.05 Å². The van der Waals surface area contributed by atoms with Crippen molar-refractivity contribution in [1.29, 1.82) is 0 Å². The molecule has 140 valence electrons. The first-order valence-electron chi connectivity index (χ1n) is 8.86. The number of thiophene rings is 1. The maximum Gasteiger partial charge on any atom is 0.253 e. The monoisotopic (exact) mass is 392 g/mol. The second-order valence-electron chi connectivity index (χ2n) is 6.64. The van der Waals surface area contributed by atoms with E-state index in [4.69, 9.17) is 0 Å². The van der Waals surface area contributed by atoms with Crippen molar-refractivity contribution < 1.29 is 13.2 Å². The minimum atomic E-state index is -3.66. The molecule has 26 heavy (non-hydrogen) atoms. The Kier molecular flexibility index (Phi) is 6.11. The summed E-state index contributed by atoms with van der Waals surface area (Å²) in [6.07, 6.45) is 5.54. The van der Waals surface area contributed by atoms with Gasteiger partial charge in [0.05, 0.1) is 4.90 Å². The summed E-state index contributed by atoms with van der Waals surface area (Å²) >= 11 is 1.50. The van der Waals surface area contributed by atoms with Crippen molar-refractivity contribution in [2.45, 2.75) is 49.6 Å². The van der Waals surface area contributed by atoms with Crippen LogP contribution >= 0.6 is 11.3 Å². The van der Waals surface area contributed by atoms with E-state index in [9.17, 15) is 13.2 Å². The molecule has 1 fully saturated rings. The van der Waals surface area contributed by atoms with Crippen molar-refractivity contribution in [3.05, 3.63) is 52.2 Å². The molecule has 1 aliphatic carbocycles. The Morgan fingerprint density at radius 3 is 2.65 bits per heavy atom. The van der Waals surface area contributed by atoms with Gasteiger partial charge in [0.2, 0.25) is 10.0 Å². The molecule has 7 heteroatoms. The maximum absolute atomic E-state index is 12.8. The Morgan fingerprint density at radius 1 is 1.19 bits per heavy atom. The van der Waals surface area contributed by atoms with Crippen molar-refractivity contribution in [2.24, 2.45) is 0 Å². The molecule has 1 aliphatic rings. The molecule has 1 N–H and O–H groups in total. The Balaban J connectivity index is 1.73. The molecule has 1 aromatic heterocycles. The van der Waals surface area contributed by atoms with E-state index in [1.54, 1.807) is 17.0 Å². The van der Waals surface area contributed by atoms with E-state index in [2.05, 4.69) is 4.72 Å². The first kappa shape index (κ1) is 19.1. The molecular weight excluding hydrogens is 368 g/mol. The van der Waals surface area contributed by atoms with Crippen LogP contribution in [0.3, 0.4) is 0 Å². The van der Waals surface area contributed by atoms with Gasteiger partial charge in [-0.1, -0.05) is 31.4 Å². The van der Waals surface area contributed by atoms with Gasteiger partial charge in [-0.05, 0) is 42.5 Å². The Morgan fingerprint density at radius 2 is 1.96 bits per heavy atom. The van der Waals surface area contributed by atoms with Crippen LogP contribution in [-0.4, -0.2) is 32.3 Å². The molecule has 0 spiro atoms. The van der Waals surface area contributed by atoms with Crippen LogP contribution in [0.1, 0.15) is 47.3 Å². The summed E-state index contributed by atoms with van der Waals surface area (Å²) in [6.45, 7) is 0.250. The van der Waals surface area contributed by atoms with Gasteiger partial charge >= 0.3 is 0 Å². The van der Waals surface area contributed by atoms with E-state index < -0.39 is 10.0 Å². The highest BCUT2D eigenvalue weighted by atomic mass is 32.2. The van der Waals surface area contributed by atoms with Gasteiger partial charge in [-0.2, -0.15) is 0 Å². The number of carbonyl (C=O) groups excluding carboxylic acids is 1. The summed E-state index contributed by atoms with van der Waals surface area (Å²) < 4.78 is 27.7. The second kappa shape index (κ2) is 8.33. The highest BCUT2D eigenvalue weighted by Crippen LogP contribution is 2.23. The lowest BCUT2D eigenvalue weighted by atomic mass is 9.94. The van der Waals surface area contributed by atoms with Crippen molar-refractivity contribution in [1.82, 2.24) is 9.62 Å². The summed E-state index contributed by atoms with van der Waals surface area (Å²) in [7, 11) is -1.84. The molecule has 1 heterocycles. The minimum Gasteiger partial charge on any atom is -0.339 e. The minimum absolute atomic E-state index is 0.118. The van der Waals surface area contributed by atoms with Gasteiger partial charge in [-0.25, -0.2) is 13.1 Å². The van der Waals surface area contributed by atoms with Crippen LogP contribution in [0, 0.1) is 0 Å². The fraction of sp³-hybridized carbons (Fsp3) is 0.421. The summed E-state index contributed by atoms with van der Waals surface area (Å²) in [4.78, 5) is 15.6. The third-order valence-corrected chi connectivity index (χ3v) is 7.13. The smallest absolute Gasteiger partial charge is 0.253 e. The molecule has 0 unspecified atom stereocenters. The molecule has 1 amide bonds. The SMILES string of the molecule is CN(C(=O)c1cccc(S(=O)(=O)NCc2cccs2)c1)C1CCCCC1. The first-order chi connectivity index (χ1) is 12.5. The zero-order valence-electron chi connectivity index (χ0n) is 14.8. The van der Waals surface area contributed by atoms with Crippen molar-refractivity contribution in [3.8, 4) is 0 Å². The molecule has 0 saturated heterocycles. The van der Waals surface area contributed by atoms with Gasteiger partial charge in [0.15, 0.2) is 0 Å². The van der Waals surface area contributed by atoms with Crippen LogP contribution < -0.4 is 4.72 Å². The van der Waals surface area contributed by atoms with E-state index >= 15 is 0 Å². The lowest BCUT2D eigenvalue weighted by Crippen LogP contribution is -2.38. The zero-order valence-corrected chi connectivity index (χ0v) is 16.5. The predicted octanol–water partition coefficient (Wildman–Crippen LogP) is 3.63. The average molecular weight is 393 g/mol. The molecule has 0 bridgehead atoms. The number of hydrogen-bond acceptors (Lipinski definition) is 4. The maximum atomic E-state index is 12.8. The van der Waals surface area contributed by atoms with E-state index in [-0.39, 0.29) is 23.4 Å². The predicted molar refractivity (Wildman–Crippen MR) is 104 cm³/mol. The van der Waals surface area contributed by atoms with E-state index in [1.165, 1.54) is 29.9 Å². The van der Waals surface area contributed by atoms with Gasteiger partial charge in [-0.3, -0.25) is 4.79 Å². The van der Waals surface area contributed by atoms with Gasteiger partial charge in [0, 0.05) is 30.1 Å². The number of carbonyl (C=O) groups is 1. The van der Waals surface area contributed by atoms with Crippen LogP contribution in [0.25, 0.3) is 0 Å². The zero-order chi connectivity index (χ0) is 18.6. The van der Waals surface area contributed by atoms with Gasteiger partial charge in [0.25, 0.3) is 5.91 Å². The molecule has 0 aliphatic heterocycles. The van der Waals surface area contributed by atoms with Crippen molar-refractivity contribution >= 4 is 27.3 Å². The summed E-state index contributed by atoms with van der Waals surface area (Å²) in [5.41, 5.74) is 0.414. The molecule has 0 atom stereocenters. The third-order valence-electron chi connectivity index (χ3n) is 4.85. The highest BCUT2D eigenvalue weighted by Gasteiger charge is 2.24. The van der Waals surface area contributed by atoms with Gasteiger partial charge < -0.3 is 4.90 Å². The fourth-order valence-electron chi connectivity index (χ4n) is 3.30. The molecule has 1 saturated carbocycles. The normalized spacial score (nSPS) is 15.7. The number of rotatable bonds is 6. The van der Waals surface area contributed by atoms with Crippen molar-refractivity contribution in [3.63, 3.8) is 0 Å². The molecule has 3 rings (SSSR count). The number of amides is 1. The van der Waals surface area contributed by atoms with Crippen LogP contribution in [0.4, 0.5) is 0 Å².